The van der Waals surface area contributed by atoms with E-state index in [0.717, 1.165) is 75.5 Å². The second kappa shape index (κ2) is 44.5. The highest BCUT2D eigenvalue weighted by Gasteiger charge is 2.19. The summed E-state index contributed by atoms with van der Waals surface area (Å²) in [5, 5.41) is 0. The fraction of sp³-hybridized carbons (Fsp3) is 0.943. The maximum atomic E-state index is 12.8. The number of hydrogen-bond donors (Lipinski definition) is 0. The van der Waals surface area contributed by atoms with Crippen LogP contribution in [0, 0.1) is 17.8 Å². The van der Waals surface area contributed by atoms with E-state index >= 15 is 0 Å². The number of unbranched alkanes of at least 4 members (excludes halogenated alkanes) is 28. The first kappa shape index (κ1) is 57.4. The molecule has 0 spiro atoms. The molecule has 1 unspecified atom stereocenters. The van der Waals surface area contributed by atoms with Crippen LogP contribution in [0.5, 0.6) is 0 Å². The van der Waals surface area contributed by atoms with Crippen molar-refractivity contribution in [3.8, 4) is 0 Å². The van der Waals surface area contributed by atoms with Gasteiger partial charge in [0.2, 0.25) is 0 Å². The van der Waals surface area contributed by atoms with E-state index in [1.807, 2.05) is 0 Å². The van der Waals surface area contributed by atoms with Gasteiger partial charge in [-0.25, -0.2) is 0 Å². The lowest BCUT2D eigenvalue weighted by molar-refractivity contribution is -0.167. The molecule has 0 aliphatic carbocycles. The Kier molecular flexibility index (Phi) is 43.3. The Balaban J connectivity index is 4.27. The first-order valence-electron chi connectivity index (χ1n) is 26.1. The average Bonchev–Trinajstić information content (AvgIpc) is 3.20. The third-order valence-corrected chi connectivity index (χ3v) is 12.3. The fourth-order valence-corrected chi connectivity index (χ4v) is 7.91. The van der Waals surface area contributed by atoms with Crippen molar-refractivity contribution in [3.63, 3.8) is 0 Å². The van der Waals surface area contributed by atoms with Crippen molar-refractivity contribution >= 4 is 17.9 Å². The van der Waals surface area contributed by atoms with Gasteiger partial charge < -0.3 is 14.2 Å². The molecule has 0 rings (SSSR count). The molecular formula is C53H102O6. The molecule has 59 heavy (non-hydrogen) atoms. The summed E-state index contributed by atoms with van der Waals surface area (Å²) in [6.07, 6.45) is 43.8. The van der Waals surface area contributed by atoms with E-state index in [2.05, 4.69) is 41.5 Å². The predicted molar refractivity (Wildman–Crippen MR) is 252 cm³/mol. The first-order chi connectivity index (χ1) is 28.6. The third kappa shape index (κ3) is 45.8. The fourth-order valence-electron chi connectivity index (χ4n) is 7.91. The van der Waals surface area contributed by atoms with Crippen molar-refractivity contribution in [1.29, 1.82) is 0 Å². The van der Waals surface area contributed by atoms with E-state index in [9.17, 15) is 14.4 Å². The van der Waals surface area contributed by atoms with Gasteiger partial charge in [0.15, 0.2) is 6.10 Å². The van der Waals surface area contributed by atoms with Crippen molar-refractivity contribution in [2.75, 3.05) is 13.2 Å². The van der Waals surface area contributed by atoms with E-state index in [-0.39, 0.29) is 31.1 Å². The highest BCUT2D eigenvalue weighted by molar-refractivity contribution is 5.71. The lowest BCUT2D eigenvalue weighted by atomic mass is 9.99. The van der Waals surface area contributed by atoms with Crippen molar-refractivity contribution in [2.45, 2.75) is 292 Å². The molecule has 0 aliphatic rings. The molecule has 0 radical (unpaired) electrons. The van der Waals surface area contributed by atoms with Crippen LogP contribution in [0.3, 0.4) is 0 Å². The summed E-state index contributed by atoms with van der Waals surface area (Å²) in [5.74, 6) is 1.64. The molecule has 0 bridgehead atoms. The van der Waals surface area contributed by atoms with Crippen LogP contribution in [0.4, 0.5) is 0 Å². The van der Waals surface area contributed by atoms with Crippen LogP contribution >= 0.6 is 0 Å². The summed E-state index contributed by atoms with van der Waals surface area (Å²) in [6, 6.07) is 0. The molecule has 2 atom stereocenters. The normalized spacial score (nSPS) is 12.6. The standard InChI is InChI=1S/C53H102O6/c1-7-49(6)41-35-29-23-18-20-26-32-38-44-53(56)59-50(46-58-52(55)43-37-31-25-19-17-22-28-34-40-48(4)5)45-57-51(54)42-36-30-24-16-14-12-10-8-9-11-13-15-21-27-33-39-47(2)3/h47-50H,7-46H2,1-6H3/t49?,50-/m1/s1. The highest BCUT2D eigenvalue weighted by atomic mass is 16.6. The number of rotatable bonds is 46. The molecule has 0 amide bonds. The molecule has 0 aromatic carbocycles. The molecule has 0 saturated carbocycles. The van der Waals surface area contributed by atoms with Crippen LogP contribution in [0.2, 0.25) is 0 Å². The number of carbonyl (C=O) groups excluding carboxylic acids is 3. The number of ether oxygens (including phenoxy) is 3. The van der Waals surface area contributed by atoms with Gasteiger partial charge in [0.25, 0.3) is 0 Å². The van der Waals surface area contributed by atoms with Gasteiger partial charge in [-0.1, -0.05) is 247 Å². The second-order valence-corrected chi connectivity index (χ2v) is 19.4. The lowest BCUT2D eigenvalue weighted by Crippen LogP contribution is -2.30. The van der Waals surface area contributed by atoms with Gasteiger partial charge in [-0.05, 0) is 37.0 Å². The van der Waals surface area contributed by atoms with Crippen molar-refractivity contribution in [1.82, 2.24) is 0 Å². The maximum Gasteiger partial charge on any atom is 0.306 e. The van der Waals surface area contributed by atoms with E-state index in [1.54, 1.807) is 0 Å². The Morgan fingerprint density at radius 2 is 0.593 bits per heavy atom. The zero-order valence-corrected chi connectivity index (χ0v) is 40.5. The highest BCUT2D eigenvalue weighted by Crippen LogP contribution is 2.18. The Morgan fingerprint density at radius 3 is 0.881 bits per heavy atom. The van der Waals surface area contributed by atoms with Crippen LogP contribution in [0.1, 0.15) is 286 Å². The molecule has 0 N–H and O–H groups in total. The first-order valence-corrected chi connectivity index (χ1v) is 26.1. The van der Waals surface area contributed by atoms with Crippen molar-refractivity contribution in [3.05, 3.63) is 0 Å². The van der Waals surface area contributed by atoms with Gasteiger partial charge in [-0.3, -0.25) is 14.4 Å². The SMILES string of the molecule is CCC(C)CCCCCCCCCCC(=O)O[C@H](COC(=O)CCCCCCCCCCCCCCCCCC(C)C)COC(=O)CCCCCCCCCCC(C)C. The van der Waals surface area contributed by atoms with Gasteiger partial charge in [-0.15, -0.1) is 0 Å². The smallest absolute Gasteiger partial charge is 0.306 e. The number of esters is 3. The van der Waals surface area contributed by atoms with Gasteiger partial charge in [0.05, 0.1) is 0 Å². The second-order valence-electron chi connectivity index (χ2n) is 19.4. The Morgan fingerprint density at radius 1 is 0.339 bits per heavy atom. The summed E-state index contributed by atoms with van der Waals surface area (Å²) < 4.78 is 16.8. The average molecular weight is 835 g/mol. The molecule has 0 aromatic rings. The van der Waals surface area contributed by atoms with Crippen molar-refractivity contribution in [2.24, 2.45) is 17.8 Å². The molecule has 0 saturated heterocycles. The van der Waals surface area contributed by atoms with Gasteiger partial charge in [0, 0.05) is 19.3 Å². The summed E-state index contributed by atoms with van der Waals surface area (Å²) in [7, 11) is 0. The van der Waals surface area contributed by atoms with Crippen LogP contribution in [-0.4, -0.2) is 37.2 Å². The number of carbonyl (C=O) groups is 3. The molecule has 0 aliphatic heterocycles. The van der Waals surface area contributed by atoms with Crippen LogP contribution in [-0.2, 0) is 28.6 Å². The summed E-state index contributed by atoms with van der Waals surface area (Å²) in [4.78, 5) is 37.9. The lowest BCUT2D eigenvalue weighted by Gasteiger charge is -2.18. The maximum absolute atomic E-state index is 12.8. The topological polar surface area (TPSA) is 78.9 Å². The number of hydrogen-bond acceptors (Lipinski definition) is 6. The van der Waals surface area contributed by atoms with E-state index in [0.29, 0.717) is 19.3 Å². The summed E-state index contributed by atoms with van der Waals surface area (Å²) >= 11 is 0. The van der Waals surface area contributed by atoms with Gasteiger partial charge in [-0.2, -0.15) is 0 Å². The van der Waals surface area contributed by atoms with E-state index in [1.165, 1.54) is 167 Å². The molecule has 6 heteroatoms. The molecule has 6 nitrogen and oxygen atoms in total. The molecule has 0 fully saturated rings. The van der Waals surface area contributed by atoms with Crippen LogP contribution in [0.15, 0.2) is 0 Å². The Bertz CT molecular complexity index is 916. The molecule has 0 aromatic heterocycles. The monoisotopic (exact) mass is 835 g/mol. The zero-order valence-electron chi connectivity index (χ0n) is 40.5. The van der Waals surface area contributed by atoms with Crippen LogP contribution < -0.4 is 0 Å². The van der Waals surface area contributed by atoms with Crippen molar-refractivity contribution < 1.29 is 28.6 Å². The predicted octanol–water partition coefficient (Wildman–Crippen LogP) is 16.8. The van der Waals surface area contributed by atoms with E-state index < -0.39 is 6.10 Å². The largest absolute Gasteiger partial charge is 0.462 e. The van der Waals surface area contributed by atoms with Crippen LogP contribution in [0.25, 0.3) is 0 Å². The summed E-state index contributed by atoms with van der Waals surface area (Å²) in [5.41, 5.74) is 0. The van der Waals surface area contributed by atoms with Gasteiger partial charge >= 0.3 is 17.9 Å². The quantitative estimate of drug-likeness (QED) is 0.0345. The zero-order chi connectivity index (χ0) is 43.4. The molecule has 350 valence electrons. The minimum atomic E-state index is -0.763. The summed E-state index contributed by atoms with van der Waals surface area (Å²) in [6.45, 7) is 13.7. The minimum Gasteiger partial charge on any atom is -0.462 e. The minimum absolute atomic E-state index is 0.0651. The Labute approximate surface area is 368 Å². The Hall–Kier alpha value is -1.59. The third-order valence-electron chi connectivity index (χ3n) is 12.3. The molecule has 0 heterocycles. The molecular weight excluding hydrogens is 733 g/mol. The van der Waals surface area contributed by atoms with E-state index in [4.69, 9.17) is 14.2 Å². The van der Waals surface area contributed by atoms with Gasteiger partial charge in [0.1, 0.15) is 13.2 Å².